The largest absolute Gasteiger partial charge is 0.382 e. The van der Waals surface area contributed by atoms with Crippen LogP contribution in [0.3, 0.4) is 0 Å². The van der Waals surface area contributed by atoms with E-state index < -0.39 is 12.1 Å². The van der Waals surface area contributed by atoms with Crippen LogP contribution in [0.5, 0.6) is 0 Å². The van der Waals surface area contributed by atoms with E-state index in [0.717, 1.165) is 42.0 Å². The molecule has 4 heteroatoms. The molecule has 3 rings (SSSR count). The van der Waals surface area contributed by atoms with Crippen LogP contribution < -0.4 is 5.73 Å². The Hall–Kier alpha value is -1.91. The van der Waals surface area contributed by atoms with Crippen LogP contribution in [0.2, 0.25) is 0 Å². The Morgan fingerprint density at radius 2 is 1.70 bits per heavy atom. The summed E-state index contributed by atoms with van der Waals surface area (Å²) < 4.78 is 0. The third-order valence-electron chi connectivity index (χ3n) is 5.98. The van der Waals surface area contributed by atoms with Gasteiger partial charge in [-0.05, 0) is 35.1 Å². The van der Waals surface area contributed by atoms with Crippen LogP contribution in [0, 0.1) is 5.92 Å². The minimum absolute atomic E-state index is 0.232. The minimum Gasteiger partial charge on any atom is -0.382 e. The maximum Gasteiger partial charge on any atom is 0.253 e. The van der Waals surface area contributed by atoms with Crippen LogP contribution >= 0.6 is 0 Å². The molecule has 2 atom stereocenters. The van der Waals surface area contributed by atoms with Gasteiger partial charge in [-0.25, -0.2) is 0 Å². The van der Waals surface area contributed by atoms with Gasteiger partial charge in [-0.1, -0.05) is 74.6 Å². The molecule has 4 nitrogen and oxygen atoms in total. The second kappa shape index (κ2) is 9.34. The van der Waals surface area contributed by atoms with Gasteiger partial charge in [-0.2, -0.15) is 0 Å². The molecule has 0 unspecified atom stereocenters. The number of carbonyl (C=O) groups excluding carboxylic acids is 1. The average Bonchev–Trinajstić information content (AvgIpc) is 2.66. The smallest absolute Gasteiger partial charge is 0.253 e. The van der Waals surface area contributed by atoms with Crippen molar-refractivity contribution < 1.29 is 9.90 Å². The molecule has 0 bridgehead atoms. The maximum atomic E-state index is 12.8. The van der Waals surface area contributed by atoms with E-state index in [-0.39, 0.29) is 11.8 Å². The van der Waals surface area contributed by atoms with Crippen molar-refractivity contribution in [3.63, 3.8) is 0 Å². The number of likely N-dealkylation sites (N-methyl/N-ethyl adjacent to an activating group) is 1. The Balaban J connectivity index is 1.66. The SMILES string of the molecule is CN(Cc1cccc2ccccc12)C(=O)[C@@H](O)[C@H](N)C1CCCCCCC1. The van der Waals surface area contributed by atoms with Crippen molar-refractivity contribution in [2.24, 2.45) is 11.7 Å². The van der Waals surface area contributed by atoms with E-state index in [1.165, 1.54) is 19.3 Å². The number of aliphatic hydroxyl groups excluding tert-OH is 1. The second-order valence-electron chi connectivity index (χ2n) is 7.96. The van der Waals surface area contributed by atoms with Crippen molar-refractivity contribution in [1.29, 1.82) is 0 Å². The molecule has 0 radical (unpaired) electrons. The summed E-state index contributed by atoms with van der Waals surface area (Å²) in [5.74, 6) is -0.0484. The van der Waals surface area contributed by atoms with Crippen LogP contribution in [0.1, 0.15) is 50.5 Å². The van der Waals surface area contributed by atoms with E-state index in [1.807, 2.05) is 24.3 Å². The fourth-order valence-electron chi connectivity index (χ4n) is 4.28. The van der Waals surface area contributed by atoms with Crippen molar-refractivity contribution >= 4 is 16.7 Å². The molecule has 1 amide bonds. The third-order valence-corrected chi connectivity index (χ3v) is 5.98. The molecule has 27 heavy (non-hydrogen) atoms. The lowest BCUT2D eigenvalue weighted by Crippen LogP contribution is -2.50. The summed E-state index contributed by atoms with van der Waals surface area (Å²) in [5, 5.41) is 12.9. The zero-order valence-corrected chi connectivity index (χ0v) is 16.3. The minimum atomic E-state index is -1.13. The van der Waals surface area contributed by atoms with Gasteiger partial charge in [0, 0.05) is 19.6 Å². The molecule has 1 aliphatic carbocycles. The fourth-order valence-corrected chi connectivity index (χ4v) is 4.28. The highest BCUT2D eigenvalue weighted by Gasteiger charge is 2.31. The van der Waals surface area contributed by atoms with Gasteiger partial charge in [0.05, 0.1) is 0 Å². The number of hydrogen-bond acceptors (Lipinski definition) is 3. The normalized spacial score (nSPS) is 18.5. The van der Waals surface area contributed by atoms with Gasteiger partial charge in [0.1, 0.15) is 6.10 Å². The fraction of sp³-hybridized carbons (Fsp3) is 0.522. The molecule has 3 N–H and O–H groups in total. The summed E-state index contributed by atoms with van der Waals surface area (Å²) in [5.41, 5.74) is 7.42. The standard InChI is InChI=1S/C23H32N2O2/c1-25(16-19-14-9-13-17-10-7-8-15-20(17)19)23(27)22(26)21(24)18-11-5-3-2-4-6-12-18/h7-10,13-15,18,21-22,26H,2-6,11-12,16,24H2,1H3/t21-,22+/m1/s1. The molecule has 1 fully saturated rings. The highest BCUT2D eigenvalue weighted by atomic mass is 16.3. The lowest BCUT2D eigenvalue weighted by Gasteiger charge is -2.31. The Labute approximate surface area is 162 Å². The average molecular weight is 369 g/mol. The molecule has 2 aromatic carbocycles. The quantitative estimate of drug-likeness (QED) is 0.842. The Bertz CT molecular complexity index is 748. The van der Waals surface area contributed by atoms with Gasteiger partial charge in [0.25, 0.3) is 5.91 Å². The molecule has 1 aliphatic rings. The molecular formula is C23H32N2O2. The number of nitrogens with two attached hydrogens (primary N) is 1. The summed E-state index contributed by atoms with van der Waals surface area (Å²) in [6.07, 6.45) is 6.93. The molecule has 0 spiro atoms. The Kier molecular flexibility index (Phi) is 6.86. The molecule has 0 aliphatic heterocycles. The van der Waals surface area contributed by atoms with E-state index in [4.69, 9.17) is 5.73 Å². The van der Waals surface area contributed by atoms with Crippen LogP contribution in [0.4, 0.5) is 0 Å². The molecule has 0 aromatic heterocycles. The molecule has 0 saturated heterocycles. The molecular weight excluding hydrogens is 336 g/mol. The van der Waals surface area contributed by atoms with Crippen LogP contribution in [0.25, 0.3) is 10.8 Å². The van der Waals surface area contributed by atoms with Gasteiger partial charge in [-0.15, -0.1) is 0 Å². The summed E-state index contributed by atoms with van der Waals surface area (Å²) >= 11 is 0. The van der Waals surface area contributed by atoms with Crippen molar-refractivity contribution in [2.45, 2.75) is 63.6 Å². The topological polar surface area (TPSA) is 66.6 Å². The molecule has 0 heterocycles. The number of carbonyl (C=O) groups is 1. The third kappa shape index (κ3) is 4.88. The number of amides is 1. The van der Waals surface area contributed by atoms with Gasteiger partial charge in [0.2, 0.25) is 0 Å². The van der Waals surface area contributed by atoms with Crippen molar-refractivity contribution in [3.8, 4) is 0 Å². The molecule has 1 saturated carbocycles. The lowest BCUT2D eigenvalue weighted by atomic mass is 9.83. The van der Waals surface area contributed by atoms with Gasteiger partial charge >= 0.3 is 0 Å². The zero-order valence-electron chi connectivity index (χ0n) is 16.3. The summed E-state index contributed by atoms with van der Waals surface area (Å²) in [6.45, 7) is 0.467. The van der Waals surface area contributed by atoms with E-state index in [0.29, 0.717) is 6.54 Å². The Morgan fingerprint density at radius 1 is 1.07 bits per heavy atom. The number of hydrogen-bond donors (Lipinski definition) is 2. The van der Waals surface area contributed by atoms with Gasteiger partial charge in [-0.3, -0.25) is 4.79 Å². The first kappa shape index (κ1) is 19.8. The second-order valence-corrected chi connectivity index (χ2v) is 7.96. The molecule has 146 valence electrons. The number of rotatable bonds is 5. The zero-order chi connectivity index (χ0) is 19.2. The first-order valence-corrected chi connectivity index (χ1v) is 10.2. The highest BCUT2D eigenvalue weighted by molar-refractivity contribution is 5.86. The van der Waals surface area contributed by atoms with E-state index in [9.17, 15) is 9.90 Å². The van der Waals surface area contributed by atoms with Crippen LogP contribution in [-0.4, -0.2) is 35.1 Å². The van der Waals surface area contributed by atoms with Crippen LogP contribution in [-0.2, 0) is 11.3 Å². The predicted octanol–water partition coefficient (Wildman–Crippen LogP) is 3.85. The van der Waals surface area contributed by atoms with E-state index in [1.54, 1.807) is 11.9 Å². The summed E-state index contributed by atoms with van der Waals surface area (Å²) in [4.78, 5) is 14.4. The summed E-state index contributed by atoms with van der Waals surface area (Å²) in [7, 11) is 1.75. The number of nitrogens with zero attached hydrogens (tertiary/aromatic N) is 1. The van der Waals surface area contributed by atoms with Gasteiger partial charge in [0.15, 0.2) is 0 Å². The van der Waals surface area contributed by atoms with Gasteiger partial charge < -0.3 is 15.7 Å². The molecule has 2 aromatic rings. The Morgan fingerprint density at radius 3 is 2.44 bits per heavy atom. The number of fused-ring (bicyclic) bond motifs is 1. The predicted molar refractivity (Wildman–Crippen MR) is 110 cm³/mol. The van der Waals surface area contributed by atoms with E-state index >= 15 is 0 Å². The summed E-state index contributed by atoms with van der Waals surface area (Å²) in [6, 6.07) is 13.8. The first-order valence-electron chi connectivity index (χ1n) is 10.2. The monoisotopic (exact) mass is 368 g/mol. The first-order chi connectivity index (χ1) is 13.1. The van der Waals surface area contributed by atoms with Crippen molar-refractivity contribution in [2.75, 3.05) is 7.05 Å². The van der Waals surface area contributed by atoms with Crippen molar-refractivity contribution in [1.82, 2.24) is 4.90 Å². The highest BCUT2D eigenvalue weighted by Crippen LogP contribution is 2.26. The maximum absolute atomic E-state index is 12.8. The number of aliphatic hydroxyl groups is 1. The lowest BCUT2D eigenvalue weighted by molar-refractivity contribution is -0.141. The van der Waals surface area contributed by atoms with E-state index in [2.05, 4.69) is 18.2 Å². The van der Waals surface area contributed by atoms with Crippen molar-refractivity contribution in [3.05, 3.63) is 48.0 Å². The number of benzene rings is 2. The van der Waals surface area contributed by atoms with Crippen LogP contribution in [0.15, 0.2) is 42.5 Å².